The van der Waals surface area contributed by atoms with Crippen molar-refractivity contribution in [1.29, 1.82) is 0 Å². The van der Waals surface area contributed by atoms with Crippen LogP contribution in [0.2, 0.25) is 0 Å². The van der Waals surface area contributed by atoms with Crippen molar-refractivity contribution in [2.75, 3.05) is 20.8 Å². The Morgan fingerprint density at radius 3 is 2.37 bits per heavy atom. The maximum absolute atomic E-state index is 12.8. The number of ether oxygens (including phenoxy) is 2. The van der Waals surface area contributed by atoms with Gasteiger partial charge in [0.1, 0.15) is 0 Å². The van der Waals surface area contributed by atoms with Crippen LogP contribution in [-0.2, 0) is 25.5 Å². The fraction of sp³-hybridized carbons (Fsp3) is 0.182. The van der Waals surface area contributed by atoms with Crippen LogP contribution in [0.3, 0.4) is 0 Å². The number of carbonyl (C=O) groups is 3. The summed E-state index contributed by atoms with van der Waals surface area (Å²) >= 11 is 1.11. The average Bonchev–Trinajstić information content (AvgIpc) is 3.06. The van der Waals surface area contributed by atoms with Gasteiger partial charge in [0.2, 0.25) is 0 Å². The predicted octanol–water partition coefficient (Wildman–Crippen LogP) is 3.34. The molecule has 1 aliphatic rings. The van der Waals surface area contributed by atoms with Crippen molar-refractivity contribution in [2.24, 2.45) is 4.99 Å². The first-order chi connectivity index (χ1) is 14.5. The van der Waals surface area contributed by atoms with Gasteiger partial charge < -0.3 is 9.47 Å². The second-order valence-corrected chi connectivity index (χ2v) is 7.27. The summed E-state index contributed by atoms with van der Waals surface area (Å²) in [6.45, 7) is 0.410. The molecule has 0 aromatic heterocycles. The molecule has 1 aliphatic heterocycles. The third-order valence-corrected chi connectivity index (χ3v) is 5.32. The number of esters is 2. The van der Waals surface area contributed by atoms with Crippen LogP contribution in [0, 0.1) is 0 Å². The van der Waals surface area contributed by atoms with Crippen LogP contribution in [0.25, 0.3) is 0 Å². The molecule has 154 valence electrons. The third kappa shape index (κ3) is 5.15. The molecule has 8 heteroatoms. The van der Waals surface area contributed by atoms with E-state index in [1.54, 1.807) is 29.2 Å². The van der Waals surface area contributed by atoms with Gasteiger partial charge in [-0.15, -0.1) is 0 Å². The van der Waals surface area contributed by atoms with Gasteiger partial charge in [-0.1, -0.05) is 30.3 Å². The average molecular weight is 424 g/mol. The molecule has 0 saturated carbocycles. The largest absolute Gasteiger partial charge is 0.466 e. The minimum atomic E-state index is -0.599. The molecule has 0 atom stereocenters. The Hall–Kier alpha value is -3.39. The number of hydrogen-bond donors (Lipinski definition) is 0. The van der Waals surface area contributed by atoms with Crippen LogP contribution in [0.15, 0.2) is 70.6 Å². The van der Waals surface area contributed by atoms with Crippen molar-refractivity contribution in [1.82, 2.24) is 4.90 Å². The SMILES string of the molecule is COC(=O)C=C1SC(=Nc2ccc(C(=O)OC)cc2)N(CCc2ccccc2)C1=O. The second kappa shape index (κ2) is 9.89. The number of amidine groups is 1. The van der Waals surface area contributed by atoms with E-state index in [1.807, 2.05) is 30.3 Å². The van der Waals surface area contributed by atoms with Gasteiger partial charge in [-0.3, -0.25) is 9.69 Å². The minimum absolute atomic E-state index is 0.250. The molecule has 1 saturated heterocycles. The van der Waals surface area contributed by atoms with E-state index < -0.39 is 11.9 Å². The molecule has 3 rings (SSSR count). The predicted molar refractivity (Wildman–Crippen MR) is 114 cm³/mol. The second-order valence-electron chi connectivity index (χ2n) is 6.26. The van der Waals surface area contributed by atoms with E-state index in [2.05, 4.69) is 9.73 Å². The van der Waals surface area contributed by atoms with Gasteiger partial charge in [0.15, 0.2) is 5.17 Å². The molecule has 1 heterocycles. The molecule has 0 aliphatic carbocycles. The minimum Gasteiger partial charge on any atom is -0.466 e. The fourth-order valence-corrected chi connectivity index (χ4v) is 3.73. The van der Waals surface area contributed by atoms with Gasteiger partial charge in [0.25, 0.3) is 5.91 Å². The molecule has 2 aromatic carbocycles. The third-order valence-electron chi connectivity index (χ3n) is 4.32. The topological polar surface area (TPSA) is 85.3 Å². The van der Waals surface area contributed by atoms with Gasteiger partial charge >= 0.3 is 11.9 Å². The first-order valence-electron chi connectivity index (χ1n) is 9.12. The summed E-state index contributed by atoms with van der Waals surface area (Å²) in [5, 5.41) is 0.455. The normalized spacial score (nSPS) is 16.2. The number of benzene rings is 2. The molecule has 0 unspecified atom stereocenters. The Balaban J connectivity index is 1.86. The number of methoxy groups -OCH3 is 2. The molecule has 0 N–H and O–H groups in total. The summed E-state index contributed by atoms with van der Waals surface area (Å²) in [7, 11) is 2.57. The summed E-state index contributed by atoms with van der Waals surface area (Å²) in [6, 6.07) is 16.3. The lowest BCUT2D eigenvalue weighted by molar-refractivity contribution is -0.135. The number of carbonyl (C=O) groups excluding carboxylic acids is 3. The van der Waals surface area contributed by atoms with Crippen molar-refractivity contribution in [3.8, 4) is 0 Å². The molecule has 7 nitrogen and oxygen atoms in total. The number of rotatable bonds is 6. The monoisotopic (exact) mass is 424 g/mol. The summed E-state index contributed by atoms with van der Waals surface area (Å²) in [5.41, 5.74) is 2.06. The lowest BCUT2D eigenvalue weighted by atomic mass is 10.1. The maximum atomic E-state index is 12.8. The van der Waals surface area contributed by atoms with Gasteiger partial charge in [-0.05, 0) is 48.0 Å². The van der Waals surface area contributed by atoms with E-state index in [0.717, 1.165) is 17.3 Å². The number of amides is 1. The molecule has 0 radical (unpaired) electrons. The highest BCUT2D eigenvalue weighted by molar-refractivity contribution is 8.18. The number of thioether (sulfide) groups is 1. The van der Waals surface area contributed by atoms with E-state index >= 15 is 0 Å². The highest BCUT2D eigenvalue weighted by Crippen LogP contribution is 2.33. The van der Waals surface area contributed by atoms with E-state index in [0.29, 0.717) is 29.4 Å². The smallest absolute Gasteiger partial charge is 0.337 e. The van der Waals surface area contributed by atoms with Gasteiger partial charge in [0.05, 0.1) is 30.4 Å². The van der Waals surface area contributed by atoms with E-state index in [4.69, 9.17) is 4.74 Å². The summed E-state index contributed by atoms with van der Waals surface area (Å²) in [5.74, 6) is -1.34. The molecule has 30 heavy (non-hydrogen) atoms. The van der Waals surface area contributed by atoms with Crippen molar-refractivity contribution in [3.05, 3.63) is 76.7 Å². The van der Waals surface area contributed by atoms with Crippen molar-refractivity contribution in [3.63, 3.8) is 0 Å². The Morgan fingerprint density at radius 1 is 1.03 bits per heavy atom. The molecule has 2 aromatic rings. The number of aliphatic imine (C=N–C) groups is 1. The van der Waals surface area contributed by atoms with Crippen molar-refractivity contribution in [2.45, 2.75) is 6.42 Å². The Morgan fingerprint density at radius 2 is 1.73 bits per heavy atom. The van der Waals surface area contributed by atoms with Crippen LogP contribution < -0.4 is 0 Å². The molecule has 1 fully saturated rings. The molecule has 0 bridgehead atoms. The van der Waals surface area contributed by atoms with Crippen LogP contribution in [0.4, 0.5) is 5.69 Å². The Labute approximate surface area is 178 Å². The van der Waals surface area contributed by atoms with Gasteiger partial charge in [-0.2, -0.15) is 0 Å². The first kappa shape index (κ1) is 21.3. The van der Waals surface area contributed by atoms with Crippen LogP contribution in [0.1, 0.15) is 15.9 Å². The van der Waals surface area contributed by atoms with Crippen LogP contribution >= 0.6 is 11.8 Å². The lowest BCUT2D eigenvalue weighted by Crippen LogP contribution is -2.31. The Kier molecular flexibility index (Phi) is 7.03. The summed E-state index contributed by atoms with van der Waals surface area (Å²) in [6.07, 6.45) is 1.81. The highest BCUT2D eigenvalue weighted by atomic mass is 32.2. The van der Waals surface area contributed by atoms with Gasteiger partial charge in [0, 0.05) is 12.6 Å². The lowest BCUT2D eigenvalue weighted by Gasteiger charge is -2.15. The molecule has 1 amide bonds. The number of hydrogen-bond acceptors (Lipinski definition) is 7. The van der Waals surface area contributed by atoms with Gasteiger partial charge in [-0.25, -0.2) is 14.6 Å². The van der Waals surface area contributed by atoms with E-state index in [9.17, 15) is 14.4 Å². The summed E-state index contributed by atoms with van der Waals surface area (Å²) in [4.78, 5) is 42.4. The zero-order chi connectivity index (χ0) is 21.5. The van der Waals surface area contributed by atoms with Crippen LogP contribution in [-0.4, -0.2) is 48.7 Å². The highest BCUT2D eigenvalue weighted by Gasteiger charge is 2.33. The van der Waals surface area contributed by atoms with E-state index in [-0.39, 0.29) is 10.8 Å². The maximum Gasteiger partial charge on any atom is 0.337 e. The zero-order valence-electron chi connectivity index (χ0n) is 16.5. The first-order valence-corrected chi connectivity index (χ1v) is 9.94. The summed E-state index contributed by atoms with van der Waals surface area (Å²) < 4.78 is 9.34. The van der Waals surface area contributed by atoms with Crippen molar-refractivity contribution < 1.29 is 23.9 Å². The van der Waals surface area contributed by atoms with Crippen molar-refractivity contribution >= 4 is 40.5 Å². The standard InChI is InChI=1S/C22H20N2O5S/c1-28-19(25)14-18-20(26)24(13-12-15-6-4-3-5-7-15)22(30-18)23-17-10-8-16(9-11-17)21(27)29-2/h3-11,14H,12-13H2,1-2H3. The quantitative estimate of drug-likeness (QED) is 0.522. The molecule has 0 spiro atoms. The van der Waals surface area contributed by atoms with Crippen LogP contribution in [0.5, 0.6) is 0 Å². The number of nitrogens with zero attached hydrogens (tertiary/aromatic N) is 2. The molecular weight excluding hydrogens is 404 g/mol. The fourth-order valence-electron chi connectivity index (χ4n) is 2.74. The molecular formula is C22H20N2O5S. The zero-order valence-corrected chi connectivity index (χ0v) is 17.3. The Bertz CT molecular complexity index is 1000. The van der Waals surface area contributed by atoms with E-state index in [1.165, 1.54) is 20.3 Å².